The van der Waals surface area contributed by atoms with E-state index in [1.165, 1.54) is 18.4 Å². The van der Waals surface area contributed by atoms with Crippen molar-refractivity contribution < 1.29 is 9.53 Å². The lowest BCUT2D eigenvalue weighted by atomic mass is 9.87. The summed E-state index contributed by atoms with van der Waals surface area (Å²) in [7, 11) is 1.39. The molecule has 1 aromatic heterocycles. The molecule has 0 fully saturated rings. The number of hydrogen-bond acceptors (Lipinski definition) is 4. The average molecular weight is 285 g/mol. The molecule has 1 aromatic carbocycles. The zero-order valence-corrected chi connectivity index (χ0v) is 12.1. The standard InChI is InChI=1S/C16H19N3O2/c1-21-16(20)11-4-2-6-13(8-11)19-15-7-3-5-12(9-17)14(15)10-18-19/h2,4,6,8,10,12H,3,5,7,9,17H2,1H3. The Morgan fingerprint density at radius 1 is 1.52 bits per heavy atom. The molecule has 0 amide bonds. The third-order valence-electron chi connectivity index (χ3n) is 4.10. The number of rotatable bonds is 3. The molecule has 5 heteroatoms. The molecule has 0 spiro atoms. The van der Waals surface area contributed by atoms with Crippen LogP contribution in [0.25, 0.3) is 5.69 Å². The van der Waals surface area contributed by atoms with Gasteiger partial charge in [0.1, 0.15) is 0 Å². The molecular formula is C16H19N3O2. The Labute approximate surface area is 123 Å². The highest BCUT2D eigenvalue weighted by Crippen LogP contribution is 2.32. The number of ether oxygens (including phenoxy) is 1. The lowest BCUT2D eigenvalue weighted by Gasteiger charge is -2.21. The van der Waals surface area contributed by atoms with Crippen LogP contribution < -0.4 is 5.73 Å². The normalized spacial score (nSPS) is 17.3. The molecule has 0 saturated heterocycles. The van der Waals surface area contributed by atoms with Crippen LogP contribution >= 0.6 is 0 Å². The van der Waals surface area contributed by atoms with Gasteiger partial charge in [-0.1, -0.05) is 6.07 Å². The fourth-order valence-electron chi connectivity index (χ4n) is 3.00. The van der Waals surface area contributed by atoms with Crippen molar-refractivity contribution >= 4 is 5.97 Å². The monoisotopic (exact) mass is 285 g/mol. The topological polar surface area (TPSA) is 70.1 Å². The van der Waals surface area contributed by atoms with Crippen LogP contribution in [0.3, 0.4) is 0 Å². The van der Waals surface area contributed by atoms with Crippen LogP contribution in [0, 0.1) is 0 Å². The molecule has 1 aliphatic rings. The quantitative estimate of drug-likeness (QED) is 0.876. The Morgan fingerprint density at radius 3 is 3.14 bits per heavy atom. The van der Waals surface area contributed by atoms with Gasteiger partial charge in [-0.15, -0.1) is 0 Å². The second-order valence-electron chi connectivity index (χ2n) is 5.33. The molecule has 1 unspecified atom stereocenters. The van der Waals surface area contributed by atoms with Gasteiger partial charge in [-0.3, -0.25) is 0 Å². The minimum atomic E-state index is -0.335. The molecule has 1 atom stereocenters. The number of nitrogens with two attached hydrogens (primary N) is 1. The Hall–Kier alpha value is -2.14. The van der Waals surface area contributed by atoms with E-state index in [1.807, 2.05) is 29.1 Å². The van der Waals surface area contributed by atoms with E-state index < -0.39 is 0 Å². The molecule has 0 aliphatic heterocycles. The van der Waals surface area contributed by atoms with E-state index in [1.54, 1.807) is 6.07 Å². The average Bonchev–Trinajstić information content (AvgIpc) is 2.98. The maximum atomic E-state index is 11.7. The lowest BCUT2D eigenvalue weighted by Crippen LogP contribution is -2.18. The van der Waals surface area contributed by atoms with Crippen molar-refractivity contribution in [2.45, 2.75) is 25.2 Å². The highest BCUT2D eigenvalue weighted by molar-refractivity contribution is 5.89. The molecule has 1 heterocycles. The summed E-state index contributed by atoms with van der Waals surface area (Å²) < 4.78 is 6.69. The summed E-state index contributed by atoms with van der Waals surface area (Å²) in [5, 5.41) is 4.50. The van der Waals surface area contributed by atoms with Gasteiger partial charge >= 0.3 is 5.97 Å². The molecule has 2 aromatic rings. The van der Waals surface area contributed by atoms with Crippen molar-refractivity contribution in [3.63, 3.8) is 0 Å². The molecular weight excluding hydrogens is 266 g/mol. The Balaban J connectivity index is 2.02. The van der Waals surface area contributed by atoms with Crippen molar-refractivity contribution in [2.24, 2.45) is 5.73 Å². The first-order chi connectivity index (χ1) is 10.2. The van der Waals surface area contributed by atoms with Crippen LogP contribution in [0.2, 0.25) is 0 Å². The molecule has 0 saturated carbocycles. The summed E-state index contributed by atoms with van der Waals surface area (Å²) in [5.41, 5.74) is 9.72. The van der Waals surface area contributed by atoms with Crippen molar-refractivity contribution in [2.75, 3.05) is 13.7 Å². The number of esters is 1. The number of nitrogens with zero attached hydrogens (tertiary/aromatic N) is 2. The summed E-state index contributed by atoms with van der Waals surface area (Å²) in [5.74, 6) is 0.0593. The van der Waals surface area contributed by atoms with Crippen LogP contribution in [0.4, 0.5) is 0 Å². The third-order valence-corrected chi connectivity index (χ3v) is 4.10. The van der Waals surface area contributed by atoms with Gasteiger partial charge in [0.25, 0.3) is 0 Å². The van der Waals surface area contributed by atoms with Crippen molar-refractivity contribution in [3.05, 3.63) is 47.3 Å². The van der Waals surface area contributed by atoms with Gasteiger partial charge in [0.15, 0.2) is 0 Å². The minimum Gasteiger partial charge on any atom is -0.465 e. The van der Waals surface area contributed by atoms with Crippen LogP contribution in [0.5, 0.6) is 0 Å². The van der Waals surface area contributed by atoms with Gasteiger partial charge in [0.05, 0.1) is 24.6 Å². The maximum absolute atomic E-state index is 11.7. The van der Waals surface area contributed by atoms with E-state index in [2.05, 4.69) is 5.10 Å². The van der Waals surface area contributed by atoms with Gasteiger partial charge in [-0.05, 0) is 55.5 Å². The highest BCUT2D eigenvalue weighted by Gasteiger charge is 2.23. The fraction of sp³-hybridized carbons (Fsp3) is 0.375. The zero-order valence-electron chi connectivity index (χ0n) is 12.1. The van der Waals surface area contributed by atoms with Crippen LogP contribution in [0.1, 0.15) is 40.4 Å². The summed E-state index contributed by atoms with van der Waals surface area (Å²) in [6, 6.07) is 7.35. The summed E-state index contributed by atoms with van der Waals surface area (Å²) in [4.78, 5) is 11.7. The van der Waals surface area contributed by atoms with Gasteiger partial charge in [0.2, 0.25) is 0 Å². The number of carbonyl (C=O) groups excluding carboxylic acids is 1. The smallest absolute Gasteiger partial charge is 0.337 e. The molecule has 2 N–H and O–H groups in total. The number of fused-ring (bicyclic) bond motifs is 1. The summed E-state index contributed by atoms with van der Waals surface area (Å²) in [6.45, 7) is 0.654. The zero-order chi connectivity index (χ0) is 14.8. The number of benzene rings is 1. The maximum Gasteiger partial charge on any atom is 0.337 e. The fourth-order valence-corrected chi connectivity index (χ4v) is 3.00. The first-order valence-corrected chi connectivity index (χ1v) is 7.20. The molecule has 0 radical (unpaired) electrons. The van der Waals surface area contributed by atoms with Crippen molar-refractivity contribution in [3.8, 4) is 5.69 Å². The predicted molar refractivity (Wildman–Crippen MR) is 79.6 cm³/mol. The molecule has 110 valence electrons. The largest absolute Gasteiger partial charge is 0.465 e. The Bertz CT molecular complexity index is 663. The second-order valence-corrected chi connectivity index (χ2v) is 5.33. The predicted octanol–water partition coefficient (Wildman–Crippen LogP) is 2.04. The number of carbonyl (C=O) groups is 1. The Kier molecular flexibility index (Phi) is 3.75. The van der Waals surface area contributed by atoms with Crippen molar-refractivity contribution in [1.82, 2.24) is 9.78 Å². The van der Waals surface area contributed by atoms with Crippen LogP contribution in [-0.2, 0) is 11.2 Å². The summed E-state index contributed by atoms with van der Waals surface area (Å²) in [6.07, 6.45) is 5.15. The number of aromatic nitrogens is 2. The van der Waals surface area contributed by atoms with Gasteiger partial charge < -0.3 is 10.5 Å². The van der Waals surface area contributed by atoms with Gasteiger partial charge in [0, 0.05) is 5.69 Å². The number of hydrogen-bond donors (Lipinski definition) is 1. The molecule has 0 bridgehead atoms. The van der Waals surface area contributed by atoms with Crippen molar-refractivity contribution in [1.29, 1.82) is 0 Å². The SMILES string of the molecule is COC(=O)c1cccc(-n2ncc3c2CCCC3CN)c1. The summed E-state index contributed by atoms with van der Waals surface area (Å²) >= 11 is 0. The first-order valence-electron chi connectivity index (χ1n) is 7.20. The van der Waals surface area contributed by atoms with Gasteiger partial charge in [-0.25, -0.2) is 9.48 Å². The van der Waals surface area contributed by atoms with Crippen LogP contribution in [-0.4, -0.2) is 29.4 Å². The van der Waals surface area contributed by atoms with E-state index in [4.69, 9.17) is 10.5 Å². The molecule has 5 nitrogen and oxygen atoms in total. The van der Waals surface area contributed by atoms with E-state index >= 15 is 0 Å². The van der Waals surface area contributed by atoms with E-state index in [-0.39, 0.29) is 5.97 Å². The minimum absolute atomic E-state index is 0.335. The third kappa shape index (κ3) is 2.45. The van der Waals surface area contributed by atoms with E-state index in [0.717, 1.165) is 24.9 Å². The second kappa shape index (κ2) is 5.69. The Morgan fingerprint density at radius 2 is 2.38 bits per heavy atom. The van der Waals surface area contributed by atoms with Gasteiger partial charge in [-0.2, -0.15) is 5.10 Å². The lowest BCUT2D eigenvalue weighted by molar-refractivity contribution is 0.0600. The number of methoxy groups -OCH3 is 1. The van der Waals surface area contributed by atoms with E-state index in [0.29, 0.717) is 18.0 Å². The molecule has 3 rings (SSSR count). The van der Waals surface area contributed by atoms with E-state index in [9.17, 15) is 4.79 Å². The molecule has 1 aliphatic carbocycles. The first kappa shape index (κ1) is 13.8. The molecule has 21 heavy (non-hydrogen) atoms. The highest BCUT2D eigenvalue weighted by atomic mass is 16.5. The van der Waals surface area contributed by atoms with Crippen LogP contribution in [0.15, 0.2) is 30.5 Å².